The highest BCUT2D eigenvalue weighted by Gasteiger charge is 2.30. The molecule has 0 fully saturated rings. The summed E-state index contributed by atoms with van der Waals surface area (Å²) in [4.78, 5) is 0. The van der Waals surface area contributed by atoms with E-state index in [9.17, 15) is 0 Å². The van der Waals surface area contributed by atoms with Crippen molar-refractivity contribution in [2.75, 3.05) is 0 Å². The van der Waals surface area contributed by atoms with E-state index >= 15 is 0 Å². The molecule has 0 aromatic heterocycles. The predicted octanol–water partition coefficient (Wildman–Crippen LogP) is 6.77. The lowest BCUT2D eigenvalue weighted by Gasteiger charge is -2.13. The SMILES string of the molecule is CC(=C1C=CC(C2c3ccccc3-c3ccccc32)=C1)c1ccccc1. The molecule has 2 aliphatic rings. The first kappa shape index (κ1) is 15.2. The predicted molar refractivity (Wildman–Crippen MR) is 110 cm³/mol. The van der Waals surface area contributed by atoms with Gasteiger partial charge in [0.1, 0.15) is 0 Å². The highest BCUT2D eigenvalue weighted by Crippen LogP contribution is 2.49. The smallest absolute Gasteiger partial charge is 0.0352 e. The van der Waals surface area contributed by atoms with E-state index in [0.717, 1.165) is 0 Å². The van der Waals surface area contributed by atoms with Crippen molar-refractivity contribution in [3.63, 3.8) is 0 Å². The van der Waals surface area contributed by atoms with Crippen LogP contribution in [0.4, 0.5) is 0 Å². The first-order valence-electron chi connectivity index (χ1n) is 9.17. The molecular formula is C26H20. The van der Waals surface area contributed by atoms with Crippen LogP contribution in [0.25, 0.3) is 16.7 Å². The molecule has 0 saturated heterocycles. The lowest BCUT2D eigenvalue weighted by atomic mass is 9.89. The molecule has 3 aromatic carbocycles. The molecule has 124 valence electrons. The minimum Gasteiger partial charge on any atom is -0.0622 e. The van der Waals surface area contributed by atoms with Gasteiger partial charge in [0.15, 0.2) is 0 Å². The largest absolute Gasteiger partial charge is 0.0622 e. The molecule has 0 bridgehead atoms. The molecule has 3 aromatic rings. The number of rotatable bonds is 2. The van der Waals surface area contributed by atoms with Crippen LogP contribution in [0, 0.1) is 0 Å². The van der Waals surface area contributed by atoms with E-state index in [-0.39, 0.29) is 0 Å². The maximum absolute atomic E-state index is 2.37. The Morgan fingerprint density at radius 1 is 0.654 bits per heavy atom. The van der Waals surface area contributed by atoms with Crippen LogP contribution in [0.3, 0.4) is 0 Å². The van der Waals surface area contributed by atoms with Crippen LogP contribution in [0.2, 0.25) is 0 Å². The molecule has 0 atom stereocenters. The van der Waals surface area contributed by atoms with Crippen molar-refractivity contribution in [3.05, 3.63) is 125 Å². The second kappa shape index (κ2) is 6.00. The van der Waals surface area contributed by atoms with Gasteiger partial charge in [-0.05, 0) is 51.5 Å². The van der Waals surface area contributed by atoms with Gasteiger partial charge in [-0.3, -0.25) is 0 Å². The Hall–Kier alpha value is -3.12. The Morgan fingerprint density at radius 3 is 1.88 bits per heavy atom. The van der Waals surface area contributed by atoms with E-state index in [1.807, 2.05) is 0 Å². The summed E-state index contributed by atoms with van der Waals surface area (Å²) in [6, 6.07) is 28.3. The van der Waals surface area contributed by atoms with Gasteiger partial charge in [0.2, 0.25) is 0 Å². The third-order valence-corrected chi connectivity index (χ3v) is 5.58. The quantitative estimate of drug-likeness (QED) is 0.486. The molecule has 0 aliphatic heterocycles. The zero-order chi connectivity index (χ0) is 17.5. The maximum Gasteiger partial charge on any atom is 0.0352 e. The molecule has 0 heteroatoms. The van der Waals surface area contributed by atoms with E-state index in [4.69, 9.17) is 0 Å². The summed E-state index contributed by atoms with van der Waals surface area (Å²) < 4.78 is 0. The van der Waals surface area contributed by atoms with Crippen molar-refractivity contribution < 1.29 is 0 Å². The van der Waals surface area contributed by atoms with E-state index in [2.05, 4.69) is 104 Å². The zero-order valence-corrected chi connectivity index (χ0v) is 14.8. The highest BCUT2D eigenvalue weighted by atomic mass is 14.3. The highest BCUT2D eigenvalue weighted by molar-refractivity contribution is 5.82. The van der Waals surface area contributed by atoms with Gasteiger partial charge in [-0.15, -0.1) is 0 Å². The monoisotopic (exact) mass is 332 g/mol. The molecule has 0 spiro atoms. The molecule has 2 aliphatic carbocycles. The Kier molecular flexibility index (Phi) is 3.50. The molecule has 0 nitrogen and oxygen atoms in total. The molecule has 0 N–H and O–H groups in total. The lowest BCUT2D eigenvalue weighted by Crippen LogP contribution is -1.98. The first-order chi connectivity index (χ1) is 12.8. The fourth-order valence-corrected chi connectivity index (χ4v) is 4.24. The summed E-state index contributed by atoms with van der Waals surface area (Å²) in [5.74, 6) is 0.333. The minimum absolute atomic E-state index is 0.333. The Labute approximate surface area is 154 Å². The molecule has 0 amide bonds. The fourth-order valence-electron chi connectivity index (χ4n) is 4.24. The van der Waals surface area contributed by atoms with Crippen molar-refractivity contribution in [1.29, 1.82) is 0 Å². The summed E-state index contributed by atoms with van der Waals surface area (Å²) in [6.07, 6.45) is 6.93. The molecule has 0 radical (unpaired) electrons. The average molecular weight is 332 g/mol. The standard InChI is InChI=1S/C26H20/c1-18(19-9-3-2-4-10-19)20-15-16-21(17-20)26-24-13-7-5-11-22(24)23-12-6-8-14-25(23)26/h2-17,26H,1H3. The van der Waals surface area contributed by atoms with Crippen LogP contribution < -0.4 is 0 Å². The summed E-state index contributed by atoms with van der Waals surface area (Å²) in [6.45, 7) is 2.21. The van der Waals surface area contributed by atoms with Crippen molar-refractivity contribution in [2.24, 2.45) is 0 Å². The normalized spacial score (nSPS) is 17.0. The van der Waals surface area contributed by atoms with Crippen molar-refractivity contribution >= 4 is 5.57 Å². The van der Waals surface area contributed by atoms with E-state index in [1.165, 1.54) is 44.5 Å². The lowest BCUT2D eigenvalue weighted by molar-refractivity contribution is 1.02. The Morgan fingerprint density at radius 2 is 1.23 bits per heavy atom. The number of benzene rings is 3. The van der Waals surface area contributed by atoms with Gasteiger partial charge < -0.3 is 0 Å². The molecule has 26 heavy (non-hydrogen) atoms. The van der Waals surface area contributed by atoms with Gasteiger partial charge in [-0.2, -0.15) is 0 Å². The zero-order valence-electron chi connectivity index (χ0n) is 14.8. The maximum atomic E-state index is 2.37. The van der Waals surface area contributed by atoms with Crippen LogP contribution in [-0.2, 0) is 0 Å². The minimum atomic E-state index is 0.333. The van der Waals surface area contributed by atoms with Gasteiger partial charge in [0.25, 0.3) is 0 Å². The van der Waals surface area contributed by atoms with Gasteiger partial charge in [0, 0.05) is 5.92 Å². The Bertz CT molecular complexity index is 1030. The van der Waals surface area contributed by atoms with Gasteiger partial charge in [-0.1, -0.05) is 97.1 Å². The number of fused-ring (bicyclic) bond motifs is 3. The van der Waals surface area contributed by atoms with E-state index < -0.39 is 0 Å². The Balaban J connectivity index is 1.63. The summed E-state index contributed by atoms with van der Waals surface area (Å²) in [5, 5.41) is 0. The van der Waals surface area contributed by atoms with Crippen LogP contribution in [0.5, 0.6) is 0 Å². The van der Waals surface area contributed by atoms with Crippen LogP contribution in [0.15, 0.2) is 108 Å². The number of allylic oxidation sites excluding steroid dienone is 6. The van der Waals surface area contributed by atoms with Gasteiger partial charge >= 0.3 is 0 Å². The second-order valence-electron chi connectivity index (χ2n) is 7.03. The molecule has 0 saturated carbocycles. The van der Waals surface area contributed by atoms with Crippen LogP contribution in [-0.4, -0.2) is 0 Å². The second-order valence-corrected chi connectivity index (χ2v) is 7.03. The summed E-state index contributed by atoms with van der Waals surface area (Å²) in [5.41, 5.74) is 10.9. The molecular weight excluding hydrogens is 312 g/mol. The summed E-state index contributed by atoms with van der Waals surface area (Å²) >= 11 is 0. The van der Waals surface area contributed by atoms with Gasteiger partial charge in [-0.25, -0.2) is 0 Å². The fraction of sp³-hybridized carbons (Fsp3) is 0.0769. The van der Waals surface area contributed by atoms with Crippen molar-refractivity contribution in [3.8, 4) is 11.1 Å². The van der Waals surface area contributed by atoms with E-state index in [0.29, 0.717) is 5.92 Å². The molecule has 0 heterocycles. The number of hydrogen-bond donors (Lipinski definition) is 0. The topological polar surface area (TPSA) is 0 Å². The molecule has 5 rings (SSSR count). The first-order valence-corrected chi connectivity index (χ1v) is 9.17. The summed E-state index contributed by atoms with van der Waals surface area (Å²) in [7, 11) is 0. The van der Waals surface area contributed by atoms with Crippen LogP contribution >= 0.6 is 0 Å². The van der Waals surface area contributed by atoms with Crippen molar-refractivity contribution in [2.45, 2.75) is 12.8 Å². The van der Waals surface area contributed by atoms with Gasteiger partial charge in [0.05, 0.1) is 0 Å². The molecule has 0 unspecified atom stereocenters. The van der Waals surface area contributed by atoms with Crippen LogP contribution in [0.1, 0.15) is 29.5 Å². The van der Waals surface area contributed by atoms with E-state index in [1.54, 1.807) is 0 Å². The van der Waals surface area contributed by atoms with Crippen molar-refractivity contribution in [1.82, 2.24) is 0 Å². The third kappa shape index (κ3) is 2.30. The average Bonchev–Trinajstić information content (AvgIpc) is 3.31. The third-order valence-electron chi connectivity index (χ3n) is 5.58. The number of hydrogen-bond acceptors (Lipinski definition) is 0.